The van der Waals surface area contributed by atoms with Crippen LogP contribution in [0.15, 0.2) is 36.5 Å². The largest absolute Gasteiger partial charge is 0.336 e. The SMILES string of the molecule is CC(C)NC(=O)Nc1ccc(C(=O)Nc2ccn[nH]2)cc1. The first kappa shape index (κ1) is 14.6. The summed E-state index contributed by atoms with van der Waals surface area (Å²) in [5.74, 6) is 0.274. The number of hydrogen-bond donors (Lipinski definition) is 4. The summed E-state index contributed by atoms with van der Waals surface area (Å²) in [6.07, 6.45) is 1.55. The van der Waals surface area contributed by atoms with Gasteiger partial charge in [-0.25, -0.2) is 4.79 Å². The highest BCUT2D eigenvalue weighted by Gasteiger charge is 2.08. The van der Waals surface area contributed by atoms with Crippen molar-refractivity contribution >= 4 is 23.4 Å². The van der Waals surface area contributed by atoms with Crippen LogP contribution >= 0.6 is 0 Å². The summed E-state index contributed by atoms with van der Waals surface area (Å²) >= 11 is 0. The molecule has 7 heteroatoms. The molecule has 0 bridgehead atoms. The van der Waals surface area contributed by atoms with Crippen LogP contribution in [-0.2, 0) is 0 Å². The molecule has 0 aliphatic heterocycles. The van der Waals surface area contributed by atoms with E-state index in [0.717, 1.165) is 0 Å². The molecule has 1 aromatic heterocycles. The van der Waals surface area contributed by atoms with Crippen LogP contribution in [-0.4, -0.2) is 28.2 Å². The maximum atomic E-state index is 11.9. The third kappa shape index (κ3) is 4.34. The second-order valence-corrected chi connectivity index (χ2v) is 4.75. The third-order valence-electron chi connectivity index (χ3n) is 2.57. The first-order valence-corrected chi connectivity index (χ1v) is 6.53. The van der Waals surface area contributed by atoms with Crippen molar-refractivity contribution < 1.29 is 9.59 Å². The van der Waals surface area contributed by atoms with Gasteiger partial charge in [0, 0.05) is 23.4 Å². The minimum Gasteiger partial charge on any atom is -0.336 e. The lowest BCUT2D eigenvalue weighted by Crippen LogP contribution is -2.34. The summed E-state index contributed by atoms with van der Waals surface area (Å²) in [4.78, 5) is 23.5. The Morgan fingerprint density at radius 1 is 1.10 bits per heavy atom. The van der Waals surface area contributed by atoms with Crippen molar-refractivity contribution in [3.63, 3.8) is 0 Å². The maximum absolute atomic E-state index is 11.9. The number of nitrogens with one attached hydrogen (secondary N) is 4. The van der Waals surface area contributed by atoms with Gasteiger partial charge in [-0.15, -0.1) is 0 Å². The predicted molar refractivity (Wildman–Crippen MR) is 80.3 cm³/mol. The minimum atomic E-state index is -0.278. The molecule has 0 unspecified atom stereocenters. The second kappa shape index (κ2) is 6.56. The fourth-order valence-electron chi connectivity index (χ4n) is 1.65. The molecule has 0 fully saturated rings. The molecule has 0 radical (unpaired) electrons. The highest BCUT2D eigenvalue weighted by atomic mass is 16.2. The van der Waals surface area contributed by atoms with Crippen molar-refractivity contribution in [3.8, 4) is 0 Å². The van der Waals surface area contributed by atoms with Crippen LogP contribution < -0.4 is 16.0 Å². The van der Waals surface area contributed by atoms with E-state index in [1.807, 2.05) is 13.8 Å². The Labute approximate surface area is 122 Å². The zero-order valence-corrected chi connectivity index (χ0v) is 11.8. The molecule has 0 saturated heterocycles. The van der Waals surface area contributed by atoms with Gasteiger partial charge in [-0.3, -0.25) is 9.89 Å². The predicted octanol–water partition coefficient (Wildman–Crippen LogP) is 2.19. The quantitative estimate of drug-likeness (QED) is 0.693. The highest BCUT2D eigenvalue weighted by molar-refractivity contribution is 6.04. The number of H-pyrrole nitrogens is 1. The third-order valence-corrected chi connectivity index (χ3v) is 2.57. The topological polar surface area (TPSA) is 98.9 Å². The summed E-state index contributed by atoms with van der Waals surface area (Å²) in [6, 6.07) is 8.05. The molecule has 1 aromatic carbocycles. The Kier molecular flexibility index (Phi) is 4.55. The van der Waals surface area contributed by atoms with E-state index >= 15 is 0 Å². The van der Waals surface area contributed by atoms with Gasteiger partial charge in [-0.1, -0.05) is 0 Å². The van der Waals surface area contributed by atoms with Gasteiger partial charge in [0.1, 0.15) is 5.82 Å². The lowest BCUT2D eigenvalue weighted by Gasteiger charge is -2.10. The molecule has 0 aliphatic rings. The van der Waals surface area contributed by atoms with Crippen LogP contribution in [0.25, 0.3) is 0 Å². The molecule has 0 atom stereocenters. The summed E-state index contributed by atoms with van der Waals surface area (Å²) in [5.41, 5.74) is 1.10. The van der Waals surface area contributed by atoms with E-state index in [1.165, 1.54) is 0 Å². The summed E-state index contributed by atoms with van der Waals surface area (Å²) in [6.45, 7) is 3.75. The first-order valence-electron chi connectivity index (χ1n) is 6.53. The number of carbonyl (C=O) groups is 2. The zero-order valence-electron chi connectivity index (χ0n) is 11.8. The molecule has 2 aromatic rings. The molecule has 2 rings (SSSR count). The number of urea groups is 1. The van der Waals surface area contributed by atoms with Gasteiger partial charge in [-0.05, 0) is 38.1 Å². The molecule has 4 N–H and O–H groups in total. The standard InChI is InChI=1S/C14H17N5O2/c1-9(2)16-14(21)17-11-5-3-10(4-6-11)13(20)18-12-7-8-15-19-12/h3-9H,1-2H3,(H2,16,17,21)(H2,15,18,19,20). The number of nitrogens with zero attached hydrogens (tertiary/aromatic N) is 1. The normalized spacial score (nSPS) is 10.2. The molecule has 110 valence electrons. The maximum Gasteiger partial charge on any atom is 0.319 e. The second-order valence-electron chi connectivity index (χ2n) is 4.75. The van der Waals surface area contributed by atoms with Crippen molar-refractivity contribution in [1.29, 1.82) is 0 Å². The Morgan fingerprint density at radius 3 is 2.38 bits per heavy atom. The van der Waals surface area contributed by atoms with Crippen LogP contribution in [0.3, 0.4) is 0 Å². The number of hydrogen-bond acceptors (Lipinski definition) is 3. The van der Waals surface area contributed by atoms with Crippen molar-refractivity contribution in [2.45, 2.75) is 19.9 Å². The van der Waals surface area contributed by atoms with E-state index in [4.69, 9.17) is 0 Å². The van der Waals surface area contributed by atoms with E-state index in [0.29, 0.717) is 17.1 Å². The summed E-state index contributed by atoms with van der Waals surface area (Å²) in [5, 5.41) is 14.5. The lowest BCUT2D eigenvalue weighted by atomic mass is 10.2. The molecule has 0 spiro atoms. The molecule has 7 nitrogen and oxygen atoms in total. The van der Waals surface area contributed by atoms with Crippen LogP contribution in [0, 0.1) is 0 Å². The number of aromatic nitrogens is 2. The fraction of sp³-hybridized carbons (Fsp3) is 0.214. The monoisotopic (exact) mass is 287 g/mol. The number of rotatable bonds is 4. The highest BCUT2D eigenvalue weighted by Crippen LogP contribution is 2.11. The summed E-state index contributed by atoms with van der Waals surface area (Å²) in [7, 11) is 0. The summed E-state index contributed by atoms with van der Waals surface area (Å²) < 4.78 is 0. The Hall–Kier alpha value is -2.83. The molecular formula is C14H17N5O2. The van der Waals surface area contributed by atoms with E-state index in [-0.39, 0.29) is 18.0 Å². The average molecular weight is 287 g/mol. The zero-order chi connectivity index (χ0) is 15.2. The van der Waals surface area contributed by atoms with Gasteiger partial charge >= 0.3 is 6.03 Å². The average Bonchev–Trinajstić information content (AvgIpc) is 2.91. The molecular weight excluding hydrogens is 270 g/mol. The Balaban J connectivity index is 1.95. The number of amides is 3. The van der Waals surface area contributed by atoms with E-state index < -0.39 is 0 Å². The van der Waals surface area contributed by atoms with Crippen LogP contribution in [0.4, 0.5) is 16.3 Å². The molecule has 3 amide bonds. The van der Waals surface area contributed by atoms with Gasteiger partial charge in [-0.2, -0.15) is 5.10 Å². The van der Waals surface area contributed by atoms with Gasteiger partial charge in [0.2, 0.25) is 0 Å². The van der Waals surface area contributed by atoms with Crippen LogP contribution in [0.1, 0.15) is 24.2 Å². The van der Waals surface area contributed by atoms with Crippen molar-refractivity contribution in [2.24, 2.45) is 0 Å². The Morgan fingerprint density at radius 2 is 1.81 bits per heavy atom. The fourth-order valence-corrected chi connectivity index (χ4v) is 1.65. The molecule has 1 heterocycles. The number of benzene rings is 1. The van der Waals surface area contributed by atoms with Gasteiger partial charge < -0.3 is 16.0 Å². The van der Waals surface area contributed by atoms with Crippen molar-refractivity contribution in [3.05, 3.63) is 42.1 Å². The number of aromatic amines is 1. The Bertz CT molecular complexity index is 605. The molecule has 0 saturated carbocycles. The molecule has 0 aliphatic carbocycles. The van der Waals surface area contributed by atoms with E-state index in [9.17, 15) is 9.59 Å². The van der Waals surface area contributed by atoms with Crippen LogP contribution in [0.2, 0.25) is 0 Å². The van der Waals surface area contributed by atoms with Gasteiger partial charge in [0.05, 0.1) is 6.20 Å². The molecule has 21 heavy (non-hydrogen) atoms. The van der Waals surface area contributed by atoms with Crippen LogP contribution in [0.5, 0.6) is 0 Å². The van der Waals surface area contributed by atoms with Crippen molar-refractivity contribution in [2.75, 3.05) is 10.6 Å². The number of anilines is 2. The minimum absolute atomic E-state index is 0.0597. The van der Waals surface area contributed by atoms with E-state index in [2.05, 4.69) is 26.1 Å². The lowest BCUT2D eigenvalue weighted by molar-refractivity contribution is 0.102. The first-order chi connectivity index (χ1) is 10.0. The van der Waals surface area contributed by atoms with E-state index in [1.54, 1.807) is 36.5 Å². The smallest absolute Gasteiger partial charge is 0.319 e. The van der Waals surface area contributed by atoms with Crippen molar-refractivity contribution in [1.82, 2.24) is 15.5 Å². The van der Waals surface area contributed by atoms with Gasteiger partial charge in [0.25, 0.3) is 5.91 Å². The number of carbonyl (C=O) groups excluding carboxylic acids is 2. The van der Waals surface area contributed by atoms with Gasteiger partial charge in [0.15, 0.2) is 0 Å².